The third-order valence-electron chi connectivity index (χ3n) is 2.08. The molecule has 4 heteroatoms. The predicted molar refractivity (Wildman–Crippen MR) is 68.6 cm³/mol. The van der Waals surface area contributed by atoms with Gasteiger partial charge in [0.05, 0.1) is 4.92 Å². The molecule has 0 saturated heterocycles. The van der Waals surface area contributed by atoms with Crippen molar-refractivity contribution in [2.75, 3.05) is 0 Å². The number of benzene rings is 1. The van der Waals surface area contributed by atoms with Crippen LogP contribution in [-0.2, 0) is 0 Å². The highest BCUT2D eigenvalue weighted by Crippen LogP contribution is 2.21. The molecule has 0 aliphatic heterocycles. The van der Waals surface area contributed by atoms with Crippen LogP contribution < -0.4 is 0 Å². The molecule has 0 bridgehead atoms. The number of allylic oxidation sites excluding steroid dienone is 1. The largest absolute Gasteiger partial charge is 0.259 e. The van der Waals surface area contributed by atoms with Crippen LogP contribution in [0.3, 0.4) is 0 Å². The summed E-state index contributed by atoms with van der Waals surface area (Å²) in [5.41, 5.74) is 1.09. The first-order chi connectivity index (χ1) is 7.50. The Balaban J connectivity index is 3.03. The Morgan fingerprint density at radius 1 is 1.50 bits per heavy atom. The first kappa shape index (κ1) is 12.9. The summed E-state index contributed by atoms with van der Waals surface area (Å²) in [6.07, 6.45) is 2.11. The van der Waals surface area contributed by atoms with Gasteiger partial charge in [-0.15, -0.1) is 0 Å². The Labute approximate surface area is 103 Å². The zero-order chi connectivity index (χ0) is 12.1. The van der Waals surface area contributed by atoms with E-state index in [2.05, 4.69) is 15.9 Å². The lowest BCUT2D eigenvalue weighted by Crippen LogP contribution is -2.02. The van der Waals surface area contributed by atoms with Gasteiger partial charge in [-0.3, -0.25) is 10.1 Å². The fourth-order valence-electron chi connectivity index (χ4n) is 1.38. The van der Waals surface area contributed by atoms with Crippen LogP contribution in [-0.4, -0.2) is 4.92 Å². The van der Waals surface area contributed by atoms with Crippen molar-refractivity contribution in [2.45, 2.75) is 20.3 Å². The van der Waals surface area contributed by atoms with E-state index in [4.69, 9.17) is 0 Å². The van der Waals surface area contributed by atoms with Gasteiger partial charge in [0.2, 0.25) is 5.70 Å². The Bertz CT molecular complexity index is 413. The lowest BCUT2D eigenvalue weighted by Gasteiger charge is -2.03. The summed E-state index contributed by atoms with van der Waals surface area (Å²) in [5.74, 6) is 0.277. The maximum absolute atomic E-state index is 10.9. The van der Waals surface area contributed by atoms with Crippen molar-refractivity contribution < 1.29 is 4.92 Å². The minimum atomic E-state index is -0.306. The lowest BCUT2D eigenvalue weighted by molar-refractivity contribution is -0.427. The molecular weight excluding hydrogens is 270 g/mol. The van der Waals surface area contributed by atoms with E-state index >= 15 is 0 Å². The fourth-order valence-corrected chi connectivity index (χ4v) is 1.78. The maximum atomic E-state index is 10.9. The second-order valence-electron chi connectivity index (χ2n) is 4.01. The topological polar surface area (TPSA) is 43.1 Å². The van der Waals surface area contributed by atoms with Crippen LogP contribution in [0, 0.1) is 16.0 Å². The Morgan fingerprint density at radius 3 is 2.62 bits per heavy atom. The molecule has 1 aromatic carbocycles. The standard InChI is InChI=1S/C12H14BrNO2/c1-9(2)7-11(14(15)16)8-10-5-3-4-6-12(10)13/h3-6,8-9H,7H2,1-2H3. The normalized spacial score (nSPS) is 11.9. The molecule has 0 unspecified atom stereocenters. The molecule has 1 rings (SSSR count). The molecule has 0 saturated carbocycles. The molecule has 0 amide bonds. The van der Waals surface area contributed by atoms with Crippen LogP contribution in [0.15, 0.2) is 34.4 Å². The summed E-state index contributed by atoms with van der Waals surface area (Å²) in [5, 5.41) is 10.9. The van der Waals surface area contributed by atoms with Crippen molar-refractivity contribution in [1.82, 2.24) is 0 Å². The molecule has 1 aromatic rings. The monoisotopic (exact) mass is 283 g/mol. The second-order valence-corrected chi connectivity index (χ2v) is 4.87. The molecule has 0 aliphatic rings. The van der Waals surface area contributed by atoms with Gasteiger partial charge in [0, 0.05) is 17.0 Å². The number of hydrogen-bond acceptors (Lipinski definition) is 2. The van der Waals surface area contributed by atoms with Crippen LogP contribution >= 0.6 is 15.9 Å². The zero-order valence-electron chi connectivity index (χ0n) is 9.31. The van der Waals surface area contributed by atoms with E-state index in [1.54, 1.807) is 6.08 Å². The minimum absolute atomic E-state index is 0.252. The molecule has 0 aliphatic carbocycles. The van der Waals surface area contributed by atoms with Gasteiger partial charge in [0.15, 0.2) is 0 Å². The second kappa shape index (κ2) is 5.80. The molecule has 0 atom stereocenters. The minimum Gasteiger partial charge on any atom is -0.259 e. The Hall–Kier alpha value is -1.16. The van der Waals surface area contributed by atoms with Crippen molar-refractivity contribution in [3.63, 3.8) is 0 Å². The lowest BCUT2D eigenvalue weighted by atomic mass is 10.1. The van der Waals surface area contributed by atoms with Crippen LogP contribution in [0.2, 0.25) is 0 Å². The first-order valence-corrected chi connectivity index (χ1v) is 5.89. The highest BCUT2D eigenvalue weighted by atomic mass is 79.9. The fraction of sp³-hybridized carbons (Fsp3) is 0.333. The van der Waals surface area contributed by atoms with E-state index in [9.17, 15) is 10.1 Å². The molecule has 3 nitrogen and oxygen atoms in total. The van der Waals surface area contributed by atoms with E-state index in [0.29, 0.717) is 6.42 Å². The summed E-state index contributed by atoms with van der Waals surface area (Å²) >= 11 is 3.37. The molecule has 0 aromatic heterocycles. The van der Waals surface area contributed by atoms with Gasteiger partial charge in [-0.1, -0.05) is 48.0 Å². The molecule has 0 fully saturated rings. The zero-order valence-corrected chi connectivity index (χ0v) is 10.9. The molecule has 16 heavy (non-hydrogen) atoms. The molecule has 86 valence electrons. The van der Waals surface area contributed by atoms with E-state index < -0.39 is 0 Å². The Morgan fingerprint density at radius 2 is 2.12 bits per heavy atom. The van der Waals surface area contributed by atoms with Crippen molar-refractivity contribution in [3.05, 3.63) is 50.1 Å². The summed E-state index contributed by atoms with van der Waals surface area (Å²) in [6.45, 7) is 3.94. The van der Waals surface area contributed by atoms with Gasteiger partial charge < -0.3 is 0 Å². The molecule has 0 spiro atoms. The van der Waals surface area contributed by atoms with E-state index in [1.807, 2.05) is 38.1 Å². The summed E-state index contributed by atoms with van der Waals surface area (Å²) in [7, 11) is 0. The summed E-state index contributed by atoms with van der Waals surface area (Å²) in [6, 6.07) is 7.48. The van der Waals surface area contributed by atoms with Gasteiger partial charge in [0.25, 0.3) is 0 Å². The molecule has 0 N–H and O–H groups in total. The maximum Gasteiger partial charge on any atom is 0.247 e. The quantitative estimate of drug-likeness (QED) is 0.616. The molecule has 0 radical (unpaired) electrons. The van der Waals surface area contributed by atoms with Crippen LogP contribution in [0.25, 0.3) is 6.08 Å². The summed E-state index contributed by atoms with van der Waals surface area (Å²) < 4.78 is 0.873. The van der Waals surface area contributed by atoms with Crippen molar-refractivity contribution in [2.24, 2.45) is 5.92 Å². The highest BCUT2D eigenvalue weighted by Gasteiger charge is 2.13. The van der Waals surface area contributed by atoms with Gasteiger partial charge in [-0.25, -0.2) is 0 Å². The van der Waals surface area contributed by atoms with E-state index in [0.717, 1.165) is 10.0 Å². The average Bonchev–Trinajstić information content (AvgIpc) is 2.19. The first-order valence-electron chi connectivity index (χ1n) is 5.10. The number of hydrogen-bond donors (Lipinski definition) is 0. The average molecular weight is 284 g/mol. The van der Waals surface area contributed by atoms with Gasteiger partial charge in [-0.05, 0) is 17.5 Å². The number of nitro groups is 1. The third-order valence-corrected chi connectivity index (χ3v) is 2.80. The van der Waals surface area contributed by atoms with Crippen LogP contribution in [0.4, 0.5) is 0 Å². The molecular formula is C12H14BrNO2. The smallest absolute Gasteiger partial charge is 0.247 e. The van der Waals surface area contributed by atoms with Gasteiger partial charge in [0.1, 0.15) is 0 Å². The third kappa shape index (κ3) is 3.77. The number of halogens is 1. The molecule has 0 heterocycles. The van der Waals surface area contributed by atoms with Crippen molar-refractivity contribution >= 4 is 22.0 Å². The van der Waals surface area contributed by atoms with Crippen molar-refractivity contribution in [3.8, 4) is 0 Å². The van der Waals surface area contributed by atoms with E-state index in [1.165, 1.54) is 0 Å². The van der Waals surface area contributed by atoms with Crippen LogP contribution in [0.5, 0.6) is 0 Å². The Kier molecular flexibility index (Phi) is 4.68. The highest BCUT2D eigenvalue weighted by molar-refractivity contribution is 9.10. The van der Waals surface area contributed by atoms with Crippen molar-refractivity contribution in [1.29, 1.82) is 0 Å². The summed E-state index contributed by atoms with van der Waals surface area (Å²) in [4.78, 5) is 10.6. The number of nitrogens with zero attached hydrogens (tertiary/aromatic N) is 1. The van der Waals surface area contributed by atoms with Gasteiger partial charge in [-0.2, -0.15) is 0 Å². The number of rotatable bonds is 4. The predicted octanol–water partition coefficient (Wildman–Crippen LogP) is 4.11. The van der Waals surface area contributed by atoms with Gasteiger partial charge >= 0.3 is 0 Å². The SMILES string of the molecule is CC(C)CC(=Cc1ccccc1Br)[N+](=O)[O-]. The van der Waals surface area contributed by atoms with E-state index in [-0.39, 0.29) is 16.5 Å². The van der Waals surface area contributed by atoms with Crippen LogP contribution in [0.1, 0.15) is 25.8 Å².